The summed E-state index contributed by atoms with van der Waals surface area (Å²) in [6.45, 7) is 27.4. The Bertz CT molecular complexity index is 1460. The Labute approximate surface area is 284 Å². The minimum absolute atomic E-state index is 0.368. The van der Waals surface area contributed by atoms with Gasteiger partial charge >= 0.3 is 286 Å². The van der Waals surface area contributed by atoms with Crippen LogP contribution in [-0.4, -0.2) is 40.0 Å². The van der Waals surface area contributed by atoms with Gasteiger partial charge in [0.05, 0.1) is 0 Å². The van der Waals surface area contributed by atoms with Crippen LogP contribution in [-0.2, 0) is 18.4 Å². The first-order chi connectivity index (χ1) is 21.3. The number of para-hydroxylation sites is 2. The normalized spacial score (nSPS) is 14.6. The summed E-state index contributed by atoms with van der Waals surface area (Å²) in [6.07, 6.45) is 0. The molecule has 6 heteroatoms. The van der Waals surface area contributed by atoms with Gasteiger partial charge in [-0.05, 0) is 0 Å². The third kappa shape index (κ3) is 7.84. The summed E-state index contributed by atoms with van der Waals surface area (Å²) >= 11 is -3.71. The fourth-order valence-electron chi connectivity index (χ4n) is 6.48. The first-order valence-electron chi connectivity index (χ1n) is 16.8. The molecular weight excluding hydrogens is 682 g/mol. The van der Waals surface area contributed by atoms with E-state index in [1.807, 2.05) is 0 Å². The van der Waals surface area contributed by atoms with Gasteiger partial charge < -0.3 is 0 Å². The van der Waals surface area contributed by atoms with Crippen LogP contribution in [0.2, 0.25) is 0 Å². The van der Waals surface area contributed by atoms with E-state index < -0.39 is 11.9 Å². The Balaban J connectivity index is 2.12. The van der Waals surface area contributed by atoms with E-state index in [1.165, 1.54) is 39.2 Å². The van der Waals surface area contributed by atoms with Gasteiger partial charge in [-0.1, -0.05) is 0 Å². The molecule has 1 saturated heterocycles. The number of halogens is 2. The van der Waals surface area contributed by atoms with E-state index in [-0.39, 0.29) is 0 Å². The van der Waals surface area contributed by atoms with Crippen molar-refractivity contribution < 1.29 is 11.9 Å². The van der Waals surface area contributed by atoms with Crippen LogP contribution in [0.3, 0.4) is 0 Å². The first-order valence-corrected chi connectivity index (χ1v) is 23.1. The van der Waals surface area contributed by atoms with E-state index >= 15 is 0 Å². The Hall–Kier alpha value is -1.84. The molecule has 1 aliphatic heterocycles. The van der Waals surface area contributed by atoms with E-state index in [1.54, 1.807) is 0 Å². The summed E-state index contributed by atoms with van der Waals surface area (Å²) in [6, 6.07) is 22.3. The van der Waals surface area contributed by atoms with Gasteiger partial charge in [0.25, 0.3) is 0 Å². The molecule has 1 fully saturated rings. The molecule has 1 aliphatic rings. The van der Waals surface area contributed by atoms with Gasteiger partial charge in [-0.2, -0.15) is 0 Å². The van der Waals surface area contributed by atoms with Crippen molar-refractivity contribution >= 4 is 39.7 Å². The van der Waals surface area contributed by atoms with Gasteiger partial charge in [-0.15, -0.1) is 0 Å². The molecule has 45 heavy (non-hydrogen) atoms. The molecule has 0 atom stereocenters. The summed E-state index contributed by atoms with van der Waals surface area (Å²) in [7, 11) is 15.8. The van der Waals surface area contributed by atoms with Crippen molar-refractivity contribution in [2.45, 2.75) is 99.5 Å². The molecular formula is C39H55Cl2N3Ru. The molecule has 248 valence electrons. The SMILES string of the molecule is CCN(CC)Cc1ccccc1[CH]=[Ru]([Cl])([Cl])=[C]1N(c2c(C(C)C)cccc2C(C)C)CCN1c1c(C(C)C)cccc1C(C)C. The fourth-order valence-corrected chi connectivity index (χ4v) is 12.6. The number of nitrogens with zero attached hydrogens (tertiary/aromatic N) is 3. The molecule has 0 unspecified atom stereocenters. The van der Waals surface area contributed by atoms with Gasteiger partial charge in [0.15, 0.2) is 0 Å². The number of anilines is 2. The average Bonchev–Trinajstić information content (AvgIpc) is 3.45. The fraction of sp³-hybridized carbons (Fsp3) is 0.487. The van der Waals surface area contributed by atoms with E-state index in [9.17, 15) is 0 Å². The third-order valence-electron chi connectivity index (χ3n) is 9.00. The maximum atomic E-state index is 7.92. The zero-order valence-electron chi connectivity index (χ0n) is 29.1. The van der Waals surface area contributed by atoms with Crippen LogP contribution in [0.1, 0.15) is 126 Å². The number of hydrogen-bond acceptors (Lipinski definition) is 3. The molecule has 0 spiro atoms. The summed E-state index contributed by atoms with van der Waals surface area (Å²) in [5.41, 5.74) is 10.4. The van der Waals surface area contributed by atoms with Gasteiger partial charge in [-0.25, -0.2) is 0 Å². The van der Waals surface area contributed by atoms with Crippen LogP contribution in [0.4, 0.5) is 11.4 Å². The molecule has 4 rings (SSSR count). The topological polar surface area (TPSA) is 9.72 Å². The van der Waals surface area contributed by atoms with E-state index in [2.05, 4.69) is 149 Å². The molecule has 3 aromatic carbocycles. The second kappa shape index (κ2) is 15.4. The Morgan fingerprint density at radius 1 is 0.644 bits per heavy atom. The number of hydrogen-bond donors (Lipinski definition) is 0. The van der Waals surface area contributed by atoms with Crippen LogP contribution in [0.25, 0.3) is 0 Å². The molecule has 0 amide bonds. The molecule has 0 saturated carbocycles. The van der Waals surface area contributed by atoms with Crippen LogP contribution >= 0.6 is 19.4 Å². The number of benzene rings is 3. The molecule has 0 bridgehead atoms. The van der Waals surface area contributed by atoms with Gasteiger partial charge in [0.2, 0.25) is 0 Å². The van der Waals surface area contributed by atoms with Crippen LogP contribution < -0.4 is 9.80 Å². The quantitative estimate of drug-likeness (QED) is 0.182. The Morgan fingerprint density at radius 3 is 1.42 bits per heavy atom. The molecule has 1 heterocycles. The third-order valence-corrected chi connectivity index (χ3v) is 14.5. The predicted octanol–water partition coefficient (Wildman–Crippen LogP) is 10.7. The van der Waals surface area contributed by atoms with Crippen molar-refractivity contribution in [2.75, 3.05) is 36.0 Å². The standard InChI is InChI=1S/C27H38N2.C12H17N.2ClH.Ru/c1-18(2)22-11-9-12-23(19(3)4)26(22)28-15-16-29(17-28)27-24(20(5)6)13-10-14-25(27)21(7)8;1-4-13(5-2)10-12-9-7-6-8-11(12)3;;;/h9-14,18-21H,15-16H2,1-8H3;3,6-9H,4-5,10H2,1-2H3;2*1H;/q;;;;+2/p-2. The van der Waals surface area contributed by atoms with Gasteiger partial charge in [0, 0.05) is 0 Å². The predicted molar refractivity (Wildman–Crippen MR) is 199 cm³/mol. The van der Waals surface area contributed by atoms with Crippen LogP contribution in [0, 0.1) is 0 Å². The molecule has 0 radical (unpaired) electrons. The zero-order chi connectivity index (χ0) is 33.1. The summed E-state index contributed by atoms with van der Waals surface area (Å²) in [4.78, 5) is 7.51. The zero-order valence-corrected chi connectivity index (χ0v) is 32.4. The van der Waals surface area contributed by atoms with Gasteiger partial charge in [-0.3, -0.25) is 0 Å². The van der Waals surface area contributed by atoms with E-state index in [4.69, 9.17) is 19.4 Å². The average molecular weight is 738 g/mol. The monoisotopic (exact) mass is 737 g/mol. The van der Waals surface area contributed by atoms with Crippen LogP contribution in [0.15, 0.2) is 60.7 Å². The minimum atomic E-state index is -3.71. The van der Waals surface area contributed by atoms with Crippen molar-refractivity contribution in [2.24, 2.45) is 0 Å². The van der Waals surface area contributed by atoms with Crippen molar-refractivity contribution in [3.8, 4) is 0 Å². The van der Waals surface area contributed by atoms with Crippen molar-refractivity contribution in [1.82, 2.24) is 4.90 Å². The number of rotatable bonds is 11. The van der Waals surface area contributed by atoms with Crippen LogP contribution in [0.5, 0.6) is 0 Å². The molecule has 3 nitrogen and oxygen atoms in total. The molecule has 3 aromatic rings. The Morgan fingerprint density at radius 2 is 1.04 bits per heavy atom. The maximum absolute atomic E-state index is 7.92. The summed E-state index contributed by atoms with van der Waals surface area (Å²) in [5, 5.41) is 0. The second-order valence-electron chi connectivity index (χ2n) is 13.5. The van der Waals surface area contributed by atoms with E-state index in [0.717, 1.165) is 42.6 Å². The Kier molecular flexibility index (Phi) is 12.3. The van der Waals surface area contributed by atoms with E-state index in [0.29, 0.717) is 23.7 Å². The van der Waals surface area contributed by atoms with Crippen molar-refractivity contribution in [3.05, 3.63) is 94.0 Å². The van der Waals surface area contributed by atoms with Gasteiger partial charge in [0.1, 0.15) is 0 Å². The molecule has 0 N–H and O–H groups in total. The second-order valence-corrected chi connectivity index (χ2v) is 22.7. The van der Waals surface area contributed by atoms with Crippen molar-refractivity contribution in [1.29, 1.82) is 0 Å². The molecule has 0 aliphatic carbocycles. The van der Waals surface area contributed by atoms with Crippen molar-refractivity contribution in [3.63, 3.8) is 0 Å². The first kappa shape index (κ1) is 36.0. The molecule has 0 aromatic heterocycles. The summed E-state index contributed by atoms with van der Waals surface area (Å²) < 4.78 is 3.36. The summed E-state index contributed by atoms with van der Waals surface area (Å²) in [5.74, 6) is 1.47.